The zero-order valence-electron chi connectivity index (χ0n) is 15.8. The summed E-state index contributed by atoms with van der Waals surface area (Å²) in [5.74, 6) is 0.354. The summed E-state index contributed by atoms with van der Waals surface area (Å²) in [4.78, 5) is 19.8. The van der Waals surface area contributed by atoms with Crippen molar-refractivity contribution in [3.63, 3.8) is 0 Å². The molecule has 1 aliphatic rings. The van der Waals surface area contributed by atoms with Gasteiger partial charge < -0.3 is 9.72 Å². The van der Waals surface area contributed by atoms with Gasteiger partial charge in [-0.25, -0.2) is 18.9 Å². The van der Waals surface area contributed by atoms with E-state index in [9.17, 15) is 9.18 Å². The van der Waals surface area contributed by atoms with Crippen molar-refractivity contribution >= 4 is 22.5 Å². The van der Waals surface area contributed by atoms with Gasteiger partial charge in [0.2, 0.25) is 0 Å². The van der Waals surface area contributed by atoms with Gasteiger partial charge in [-0.2, -0.15) is 5.10 Å². The van der Waals surface area contributed by atoms with E-state index in [1.54, 1.807) is 35.4 Å². The number of hydrogen-bond donors (Lipinski definition) is 1. The van der Waals surface area contributed by atoms with Crippen LogP contribution in [0, 0.1) is 5.82 Å². The van der Waals surface area contributed by atoms with Gasteiger partial charge in [-0.15, -0.1) is 0 Å². The molecule has 7 nitrogen and oxygen atoms in total. The summed E-state index contributed by atoms with van der Waals surface area (Å²) in [5.41, 5.74) is 3.03. The first-order chi connectivity index (χ1) is 14.6. The third-order valence-corrected chi connectivity index (χ3v) is 5.34. The Kier molecular flexibility index (Phi) is 4.72. The second kappa shape index (κ2) is 7.55. The molecule has 0 fully saturated rings. The Hall–Kier alpha value is -3.23. The van der Waals surface area contributed by atoms with Gasteiger partial charge >= 0.3 is 5.69 Å². The third kappa shape index (κ3) is 3.55. The lowest BCUT2D eigenvalue weighted by molar-refractivity contribution is 0.219. The molecule has 3 heterocycles. The molecule has 0 atom stereocenters. The third-order valence-electron chi connectivity index (χ3n) is 5.06. The molecular weight excluding hydrogens is 409 g/mol. The van der Waals surface area contributed by atoms with Crippen molar-refractivity contribution in [3.8, 4) is 11.4 Å². The normalized spacial score (nSPS) is 14.3. The molecule has 0 aliphatic carbocycles. The van der Waals surface area contributed by atoms with Crippen LogP contribution in [0.25, 0.3) is 16.6 Å². The molecular formula is C21H17ClFN5O2. The lowest BCUT2D eigenvalue weighted by atomic mass is 10.1. The molecule has 0 amide bonds. The van der Waals surface area contributed by atoms with E-state index >= 15 is 0 Å². The number of nitrogens with one attached hydrogen (secondary N) is 1. The molecule has 0 saturated carbocycles. The molecule has 2 aromatic carbocycles. The molecule has 0 spiro atoms. The van der Waals surface area contributed by atoms with E-state index in [2.05, 4.69) is 20.0 Å². The van der Waals surface area contributed by atoms with Crippen molar-refractivity contribution in [1.82, 2.24) is 24.6 Å². The van der Waals surface area contributed by atoms with Crippen molar-refractivity contribution in [3.05, 3.63) is 81.4 Å². The predicted octanol–water partition coefficient (Wildman–Crippen LogP) is 3.30. The fourth-order valence-electron chi connectivity index (χ4n) is 3.69. The van der Waals surface area contributed by atoms with E-state index in [4.69, 9.17) is 16.3 Å². The van der Waals surface area contributed by atoms with E-state index in [1.165, 1.54) is 12.1 Å². The molecule has 152 valence electrons. The summed E-state index contributed by atoms with van der Waals surface area (Å²) in [5, 5.41) is 5.62. The molecule has 9 heteroatoms. The molecule has 0 bridgehead atoms. The average Bonchev–Trinajstić information content (AvgIpc) is 3.02. The quantitative estimate of drug-likeness (QED) is 0.545. The summed E-state index contributed by atoms with van der Waals surface area (Å²) in [6, 6.07) is 8.35. The number of fused-ring (bicyclic) bond motifs is 2. The summed E-state index contributed by atoms with van der Waals surface area (Å²) >= 11 is 6.54. The minimum Gasteiger partial charge on any atom is -0.490 e. The highest BCUT2D eigenvalue weighted by Gasteiger charge is 2.20. The first-order valence-electron chi connectivity index (χ1n) is 9.42. The monoisotopic (exact) mass is 425 g/mol. The van der Waals surface area contributed by atoms with Crippen molar-refractivity contribution in [2.45, 2.75) is 13.1 Å². The number of benzene rings is 2. The van der Waals surface area contributed by atoms with Crippen LogP contribution in [-0.4, -0.2) is 37.8 Å². The Morgan fingerprint density at radius 2 is 2.13 bits per heavy atom. The highest BCUT2D eigenvalue weighted by atomic mass is 35.5. The standard InChI is InChI=1S/C21H17ClFN5O2/c22-18-7-17(28-19-2-1-16(23)5-14(19)10-26-28)6-15-12-27(3-4-30-20(15)18)11-13-8-24-21(29)25-9-13/h1-2,5-10H,3-4,11-12H2,(H,24,25,29). The molecule has 0 unspecified atom stereocenters. The highest BCUT2D eigenvalue weighted by Crippen LogP contribution is 2.35. The lowest BCUT2D eigenvalue weighted by Gasteiger charge is -2.19. The minimum absolute atomic E-state index is 0.303. The maximum Gasteiger partial charge on any atom is 0.344 e. The fraction of sp³-hybridized carbons (Fsp3) is 0.190. The first-order valence-corrected chi connectivity index (χ1v) is 9.79. The molecule has 1 aliphatic heterocycles. The number of halogens is 2. The number of nitrogens with zero attached hydrogens (tertiary/aromatic N) is 4. The van der Waals surface area contributed by atoms with Gasteiger partial charge in [0.1, 0.15) is 18.2 Å². The van der Waals surface area contributed by atoms with Gasteiger partial charge in [0.15, 0.2) is 0 Å². The van der Waals surface area contributed by atoms with Crippen LogP contribution in [0.1, 0.15) is 11.1 Å². The number of hydrogen-bond acceptors (Lipinski definition) is 5. The summed E-state index contributed by atoms with van der Waals surface area (Å²) in [6.45, 7) is 2.41. The van der Waals surface area contributed by atoms with E-state index < -0.39 is 0 Å². The Balaban J connectivity index is 1.50. The second-order valence-electron chi connectivity index (χ2n) is 7.16. The van der Waals surface area contributed by atoms with Crippen LogP contribution in [0.4, 0.5) is 4.39 Å². The van der Waals surface area contributed by atoms with Crippen LogP contribution in [-0.2, 0) is 13.1 Å². The lowest BCUT2D eigenvalue weighted by Crippen LogP contribution is -2.26. The number of ether oxygens (including phenoxy) is 1. The zero-order valence-corrected chi connectivity index (χ0v) is 16.6. The summed E-state index contributed by atoms with van der Waals surface area (Å²) in [6.07, 6.45) is 4.87. The van der Waals surface area contributed by atoms with Crippen LogP contribution in [0.15, 0.2) is 53.7 Å². The summed E-state index contributed by atoms with van der Waals surface area (Å²) in [7, 11) is 0. The van der Waals surface area contributed by atoms with E-state index in [1.807, 2.05) is 6.07 Å². The van der Waals surface area contributed by atoms with Gasteiger partial charge in [-0.3, -0.25) is 4.90 Å². The van der Waals surface area contributed by atoms with Crippen LogP contribution < -0.4 is 10.4 Å². The van der Waals surface area contributed by atoms with Crippen LogP contribution >= 0.6 is 11.6 Å². The van der Waals surface area contributed by atoms with E-state index in [0.717, 1.165) is 22.3 Å². The SMILES string of the molecule is O=c1ncc(CN2CCOc3c(Cl)cc(-n4ncc5cc(F)ccc54)cc3C2)c[nH]1. The number of H-pyrrole nitrogens is 1. The molecule has 0 radical (unpaired) electrons. The molecule has 4 aromatic rings. The Bertz CT molecular complexity index is 1280. The molecule has 30 heavy (non-hydrogen) atoms. The smallest absolute Gasteiger partial charge is 0.344 e. The van der Waals surface area contributed by atoms with E-state index in [-0.39, 0.29) is 11.5 Å². The van der Waals surface area contributed by atoms with Crippen molar-refractivity contribution < 1.29 is 9.13 Å². The van der Waals surface area contributed by atoms with Gasteiger partial charge in [0.05, 0.1) is 22.4 Å². The molecule has 1 N–H and O–H groups in total. The maximum atomic E-state index is 13.5. The van der Waals surface area contributed by atoms with Crippen LogP contribution in [0.5, 0.6) is 5.75 Å². The number of aromatic amines is 1. The van der Waals surface area contributed by atoms with Crippen molar-refractivity contribution in [1.29, 1.82) is 0 Å². The van der Waals surface area contributed by atoms with Crippen molar-refractivity contribution in [2.75, 3.05) is 13.2 Å². The number of rotatable bonds is 3. The average molecular weight is 426 g/mol. The van der Waals surface area contributed by atoms with Gasteiger partial charge in [0, 0.05) is 48.5 Å². The second-order valence-corrected chi connectivity index (χ2v) is 7.57. The Morgan fingerprint density at radius 3 is 2.97 bits per heavy atom. The predicted molar refractivity (Wildman–Crippen MR) is 111 cm³/mol. The van der Waals surface area contributed by atoms with E-state index in [0.29, 0.717) is 42.4 Å². The molecule has 0 saturated heterocycles. The van der Waals surface area contributed by atoms with Gasteiger partial charge in [0.25, 0.3) is 0 Å². The topological polar surface area (TPSA) is 76.0 Å². The molecule has 2 aromatic heterocycles. The maximum absolute atomic E-state index is 13.5. The van der Waals surface area contributed by atoms with Gasteiger partial charge in [-0.1, -0.05) is 11.6 Å². The Labute approximate surface area is 175 Å². The Morgan fingerprint density at radius 1 is 1.23 bits per heavy atom. The minimum atomic E-state index is -0.369. The first kappa shape index (κ1) is 18.8. The zero-order chi connectivity index (χ0) is 20.7. The largest absolute Gasteiger partial charge is 0.490 e. The molecule has 5 rings (SSSR count). The summed E-state index contributed by atoms with van der Waals surface area (Å²) < 4.78 is 21.2. The van der Waals surface area contributed by atoms with Crippen LogP contribution in [0.3, 0.4) is 0 Å². The van der Waals surface area contributed by atoms with Crippen LogP contribution in [0.2, 0.25) is 5.02 Å². The highest BCUT2D eigenvalue weighted by molar-refractivity contribution is 6.32. The number of aromatic nitrogens is 4. The van der Waals surface area contributed by atoms with Gasteiger partial charge in [-0.05, 0) is 30.3 Å². The fourth-order valence-corrected chi connectivity index (χ4v) is 3.98. The van der Waals surface area contributed by atoms with Crippen molar-refractivity contribution in [2.24, 2.45) is 0 Å².